The van der Waals surface area contributed by atoms with E-state index in [1.165, 1.54) is 16.7 Å². The second-order valence-electron chi connectivity index (χ2n) is 5.38. The third-order valence-electron chi connectivity index (χ3n) is 3.96. The fourth-order valence-electron chi connectivity index (χ4n) is 2.75. The molecule has 2 aromatic carbocycles. The van der Waals surface area contributed by atoms with Crippen LogP contribution in [-0.2, 0) is 4.79 Å². The number of amides is 1. The number of anilines is 1. The van der Waals surface area contributed by atoms with Crippen molar-refractivity contribution < 1.29 is 4.79 Å². The van der Waals surface area contributed by atoms with E-state index < -0.39 is 0 Å². The van der Waals surface area contributed by atoms with E-state index in [9.17, 15) is 4.79 Å². The minimum atomic E-state index is 0.0609. The van der Waals surface area contributed by atoms with Gasteiger partial charge in [0.25, 0.3) is 0 Å². The number of nitrogens with one attached hydrogen (secondary N) is 1. The first kappa shape index (κ1) is 13.2. The summed E-state index contributed by atoms with van der Waals surface area (Å²) in [7, 11) is 0. The molecule has 0 saturated carbocycles. The molecule has 2 nitrogen and oxygen atoms in total. The Balaban J connectivity index is 2.14. The smallest absolute Gasteiger partial charge is 0.225 e. The van der Waals surface area contributed by atoms with Crippen LogP contribution >= 0.6 is 11.6 Å². The lowest BCUT2D eigenvalue weighted by Crippen LogP contribution is -2.23. The molecule has 0 aromatic heterocycles. The minimum Gasteiger partial charge on any atom is -0.326 e. The highest BCUT2D eigenvalue weighted by atomic mass is 35.5. The Morgan fingerprint density at radius 3 is 2.65 bits per heavy atom. The summed E-state index contributed by atoms with van der Waals surface area (Å²) in [6.45, 7) is 4.16. The Kier molecular flexibility index (Phi) is 3.27. The number of carbonyl (C=O) groups excluding carboxylic acids is 1. The molecule has 1 atom stereocenters. The number of hydrogen-bond acceptors (Lipinski definition) is 1. The predicted molar refractivity (Wildman–Crippen MR) is 82.5 cm³/mol. The Labute approximate surface area is 123 Å². The van der Waals surface area contributed by atoms with Crippen molar-refractivity contribution in [2.45, 2.75) is 26.2 Å². The van der Waals surface area contributed by atoms with E-state index in [2.05, 4.69) is 31.3 Å². The van der Waals surface area contributed by atoms with Crippen LogP contribution in [0, 0.1) is 13.8 Å². The second-order valence-corrected chi connectivity index (χ2v) is 5.82. The van der Waals surface area contributed by atoms with Crippen molar-refractivity contribution in [2.75, 3.05) is 5.32 Å². The summed E-state index contributed by atoms with van der Waals surface area (Å²) in [6.07, 6.45) is 0.468. The third kappa shape index (κ3) is 2.32. The van der Waals surface area contributed by atoms with Gasteiger partial charge in [-0.2, -0.15) is 0 Å². The van der Waals surface area contributed by atoms with Gasteiger partial charge in [-0.15, -0.1) is 0 Å². The van der Waals surface area contributed by atoms with Crippen molar-refractivity contribution in [3.05, 3.63) is 63.7 Å². The highest BCUT2D eigenvalue weighted by Crippen LogP contribution is 2.38. The zero-order chi connectivity index (χ0) is 14.3. The van der Waals surface area contributed by atoms with Crippen LogP contribution < -0.4 is 5.32 Å². The molecule has 3 heteroatoms. The first-order valence-corrected chi connectivity index (χ1v) is 7.09. The van der Waals surface area contributed by atoms with Gasteiger partial charge in [0, 0.05) is 23.0 Å². The summed E-state index contributed by atoms with van der Waals surface area (Å²) in [5, 5.41) is 3.68. The summed E-state index contributed by atoms with van der Waals surface area (Å²) in [4.78, 5) is 11.9. The SMILES string of the molecule is Cc1cc2c(cc1C)[C@H](c1cccc(Cl)c1)CC(=O)N2. The normalized spacial score (nSPS) is 17.6. The summed E-state index contributed by atoms with van der Waals surface area (Å²) < 4.78 is 0. The van der Waals surface area contributed by atoms with Crippen molar-refractivity contribution in [3.63, 3.8) is 0 Å². The molecule has 1 amide bonds. The zero-order valence-electron chi connectivity index (χ0n) is 11.5. The zero-order valence-corrected chi connectivity index (χ0v) is 12.3. The lowest BCUT2D eigenvalue weighted by atomic mass is 9.83. The quantitative estimate of drug-likeness (QED) is 0.825. The topological polar surface area (TPSA) is 29.1 Å². The molecular weight excluding hydrogens is 270 g/mol. The molecule has 0 bridgehead atoms. The lowest BCUT2D eigenvalue weighted by molar-refractivity contribution is -0.116. The largest absolute Gasteiger partial charge is 0.326 e. The van der Waals surface area contributed by atoms with Crippen molar-refractivity contribution in [1.82, 2.24) is 0 Å². The number of fused-ring (bicyclic) bond motifs is 1. The van der Waals surface area contributed by atoms with Gasteiger partial charge < -0.3 is 5.32 Å². The summed E-state index contributed by atoms with van der Waals surface area (Å²) >= 11 is 6.08. The summed E-state index contributed by atoms with van der Waals surface area (Å²) in [5.41, 5.74) is 5.63. The van der Waals surface area contributed by atoms with Crippen molar-refractivity contribution in [2.24, 2.45) is 0 Å². The van der Waals surface area contributed by atoms with Crippen LogP contribution in [0.2, 0.25) is 5.02 Å². The van der Waals surface area contributed by atoms with Gasteiger partial charge in [0.1, 0.15) is 0 Å². The van der Waals surface area contributed by atoms with Crippen LogP contribution in [0.3, 0.4) is 0 Å². The van der Waals surface area contributed by atoms with Gasteiger partial charge in [-0.3, -0.25) is 4.79 Å². The van der Waals surface area contributed by atoms with Gasteiger partial charge in [0.2, 0.25) is 5.91 Å². The average molecular weight is 286 g/mol. The second kappa shape index (κ2) is 4.95. The van der Waals surface area contributed by atoms with E-state index in [0.717, 1.165) is 11.3 Å². The maximum Gasteiger partial charge on any atom is 0.225 e. The molecule has 102 valence electrons. The third-order valence-corrected chi connectivity index (χ3v) is 4.19. The van der Waals surface area contributed by atoms with Gasteiger partial charge in [0.05, 0.1) is 0 Å². The van der Waals surface area contributed by atoms with Crippen molar-refractivity contribution in [3.8, 4) is 0 Å². The van der Waals surface area contributed by atoms with E-state index >= 15 is 0 Å². The molecule has 1 N–H and O–H groups in total. The van der Waals surface area contributed by atoms with Crippen LogP contribution in [0.1, 0.15) is 34.6 Å². The van der Waals surface area contributed by atoms with E-state index in [0.29, 0.717) is 11.4 Å². The number of benzene rings is 2. The number of rotatable bonds is 1. The van der Waals surface area contributed by atoms with Gasteiger partial charge in [-0.05, 0) is 54.3 Å². The summed E-state index contributed by atoms with van der Waals surface area (Å²) in [5.74, 6) is 0.141. The van der Waals surface area contributed by atoms with Crippen molar-refractivity contribution >= 4 is 23.2 Å². The average Bonchev–Trinajstić information content (AvgIpc) is 2.40. The number of hydrogen-bond donors (Lipinski definition) is 1. The molecule has 0 radical (unpaired) electrons. The molecule has 0 unspecified atom stereocenters. The first-order chi connectivity index (χ1) is 9.54. The Morgan fingerprint density at radius 1 is 1.15 bits per heavy atom. The van der Waals surface area contributed by atoms with E-state index in [1.54, 1.807) is 0 Å². The highest BCUT2D eigenvalue weighted by Gasteiger charge is 2.27. The maximum atomic E-state index is 11.9. The molecule has 3 rings (SSSR count). The Morgan fingerprint density at radius 2 is 1.90 bits per heavy atom. The van der Waals surface area contributed by atoms with Gasteiger partial charge in [-0.1, -0.05) is 29.8 Å². The molecule has 2 aromatic rings. The maximum absolute atomic E-state index is 11.9. The molecule has 1 heterocycles. The van der Waals surface area contributed by atoms with E-state index in [-0.39, 0.29) is 11.8 Å². The molecule has 0 spiro atoms. The molecular formula is C17H16ClNO. The lowest BCUT2D eigenvalue weighted by Gasteiger charge is -2.27. The minimum absolute atomic E-state index is 0.0609. The summed E-state index contributed by atoms with van der Waals surface area (Å²) in [6, 6.07) is 12.0. The predicted octanol–water partition coefficient (Wildman–Crippen LogP) is 4.43. The van der Waals surface area contributed by atoms with Crippen LogP contribution in [0.25, 0.3) is 0 Å². The van der Waals surface area contributed by atoms with E-state index in [1.807, 2.05) is 24.3 Å². The number of halogens is 1. The fraction of sp³-hybridized carbons (Fsp3) is 0.235. The monoisotopic (exact) mass is 285 g/mol. The molecule has 0 aliphatic carbocycles. The van der Waals surface area contributed by atoms with Gasteiger partial charge in [0.15, 0.2) is 0 Å². The Bertz CT molecular complexity index is 693. The fourth-order valence-corrected chi connectivity index (χ4v) is 2.95. The van der Waals surface area contributed by atoms with Crippen LogP contribution in [0.5, 0.6) is 0 Å². The number of aryl methyl sites for hydroxylation is 2. The molecule has 20 heavy (non-hydrogen) atoms. The standard InChI is InChI=1S/C17H16ClNO/c1-10-6-15-14(12-4-3-5-13(18)8-12)9-17(20)19-16(15)7-11(10)2/h3-8,14H,9H2,1-2H3,(H,19,20)/t14-/m0/s1. The first-order valence-electron chi connectivity index (χ1n) is 6.71. The molecule has 1 aliphatic rings. The van der Waals surface area contributed by atoms with Crippen molar-refractivity contribution in [1.29, 1.82) is 0 Å². The van der Waals surface area contributed by atoms with E-state index in [4.69, 9.17) is 11.6 Å². The van der Waals surface area contributed by atoms with Crippen LogP contribution in [0.4, 0.5) is 5.69 Å². The molecule has 1 aliphatic heterocycles. The molecule has 0 saturated heterocycles. The van der Waals surface area contributed by atoms with Crippen LogP contribution in [-0.4, -0.2) is 5.91 Å². The van der Waals surface area contributed by atoms with Gasteiger partial charge in [-0.25, -0.2) is 0 Å². The highest BCUT2D eigenvalue weighted by molar-refractivity contribution is 6.30. The molecule has 0 fully saturated rings. The number of carbonyl (C=O) groups is 1. The van der Waals surface area contributed by atoms with Crippen LogP contribution in [0.15, 0.2) is 36.4 Å². The van der Waals surface area contributed by atoms with Gasteiger partial charge >= 0.3 is 0 Å². The Hall–Kier alpha value is -1.80.